The summed E-state index contributed by atoms with van der Waals surface area (Å²) in [5.74, 6) is -0.811. The topological polar surface area (TPSA) is 65.9 Å². The van der Waals surface area contributed by atoms with Crippen LogP contribution in [0.3, 0.4) is 0 Å². The van der Waals surface area contributed by atoms with Crippen LogP contribution in [0.15, 0.2) is 47.5 Å². The Bertz CT molecular complexity index is 801. The van der Waals surface area contributed by atoms with E-state index in [-0.39, 0.29) is 12.3 Å². The van der Waals surface area contributed by atoms with Gasteiger partial charge in [-0.15, -0.1) is 0 Å². The van der Waals surface area contributed by atoms with Crippen LogP contribution in [0.4, 0.5) is 17.6 Å². The van der Waals surface area contributed by atoms with Gasteiger partial charge in [0.2, 0.25) is 0 Å². The number of rotatable bonds is 9. The summed E-state index contributed by atoms with van der Waals surface area (Å²) in [5.41, 5.74) is 0.875. The molecule has 2 aromatic rings. The molecular weight excluding hydrogens is 390 g/mol. The summed E-state index contributed by atoms with van der Waals surface area (Å²) < 4.78 is 55.2. The molecule has 0 radical (unpaired) electrons. The normalized spacial score (nSPS) is 12.7. The number of nitrogens with zero attached hydrogens (tertiary/aromatic N) is 1. The van der Waals surface area contributed by atoms with Gasteiger partial charge in [-0.3, -0.25) is 4.99 Å². The van der Waals surface area contributed by atoms with Crippen molar-refractivity contribution in [2.75, 3.05) is 19.6 Å². The van der Waals surface area contributed by atoms with Gasteiger partial charge in [0.1, 0.15) is 17.4 Å². The van der Waals surface area contributed by atoms with Crippen molar-refractivity contribution in [1.82, 2.24) is 10.6 Å². The average molecular weight is 413 g/mol. The van der Waals surface area contributed by atoms with Crippen molar-refractivity contribution in [2.45, 2.75) is 26.1 Å². The maximum atomic E-state index is 13.7. The van der Waals surface area contributed by atoms with Gasteiger partial charge >= 0.3 is 6.61 Å². The molecule has 0 saturated heterocycles. The lowest BCUT2D eigenvalue weighted by Gasteiger charge is -2.14. The van der Waals surface area contributed by atoms with Gasteiger partial charge in [-0.05, 0) is 42.7 Å². The Labute approximate surface area is 166 Å². The maximum absolute atomic E-state index is 13.7. The summed E-state index contributed by atoms with van der Waals surface area (Å²) >= 11 is 0. The number of hydrogen-bond donors (Lipinski definition) is 3. The fraction of sp³-hybridized carbons (Fsp3) is 0.350. The Kier molecular flexibility index (Phi) is 8.72. The number of alkyl halides is 2. The van der Waals surface area contributed by atoms with Gasteiger partial charge in [0.05, 0.1) is 12.6 Å². The van der Waals surface area contributed by atoms with Crippen LogP contribution >= 0.6 is 0 Å². The molecule has 2 rings (SSSR count). The van der Waals surface area contributed by atoms with Gasteiger partial charge in [0.25, 0.3) is 0 Å². The van der Waals surface area contributed by atoms with E-state index in [0.29, 0.717) is 36.6 Å². The van der Waals surface area contributed by atoms with E-state index in [0.717, 1.165) is 6.07 Å². The Morgan fingerprint density at radius 1 is 1.10 bits per heavy atom. The summed E-state index contributed by atoms with van der Waals surface area (Å²) in [4.78, 5) is 4.27. The molecule has 5 nitrogen and oxygen atoms in total. The highest BCUT2D eigenvalue weighted by molar-refractivity contribution is 5.79. The van der Waals surface area contributed by atoms with Gasteiger partial charge in [0, 0.05) is 19.2 Å². The Hall–Kier alpha value is -2.81. The highest BCUT2D eigenvalue weighted by Crippen LogP contribution is 2.19. The highest BCUT2D eigenvalue weighted by Gasteiger charge is 2.10. The van der Waals surface area contributed by atoms with Crippen molar-refractivity contribution in [2.24, 2.45) is 4.99 Å². The van der Waals surface area contributed by atoms with Crippen LogP contribution in [0.1, 0.15) is 24.2 Å². The van der Waals surface area contributed by atoms with Crippen LogP contribution in [0.25, 0.3) is 0 Å². The zero-order valence-electron chi connectivity index (χ0n) is 15.8. The second-order valence-electron chi connectivity index (χ2n) is 6.10. The molecule has 0 amide bonds. The molecular formula is C20H23F4N3O2. The lowest BCUT2D eigenvalue weighted by molar-refractivity contribution is -0.0498. The SMILES string of the molecule is CCNC(=NCC(O)c1ccc(OC(F)F)cc1)NCCc1ccc(F)cc1F. The summed E-state index contributed by atoms with van der Waals surface area (Å²) in [6.45, 7) is -0.0893. The molecule has 0 bridgehead atoms. The fourth-order valence-electron chi connectivity index (χ4n) is 2.54. The number of ether oxygens (including phenoxy) is 1. The predicted octanol–water partition coefficient (Wildman–Crippen LogP) is 3.40. The van der Waals surface area contributed by atoms with Crippen molar-refractivity contribution >= 4 is 5.96 Å². The molecule has 0 aliphatic heterocycles. The van der Waals surface area contributed by atoms with Gasteiger partial charge < -0.3 is 20.5 Å². The summed E-state index contributed by atoms with van der Waals surface area (Å²) in [6.07, 6.45) is -0.620. The van der Waals surface area contributed by atoms with Gasteiger partial charge in [-0.1, -0.05) is 18.2 Å². The molecule has 0 aliphatic carbocycles. The van der Waals surface area contributed by atoms with Crippen LogP contribution in [-0.2, 0) is 6.42 Å². The number of guanidine groups is 1. The average Bonchev–Trinajstić information content (AvgIpc) is 2.67. The molecule has 158 valence electrons. The first-order valence-corrected chi connectivity index (χ1v) is 9.08. The second-order valence-corrected chi connectivity index (χ2v) is 6.10. The highest BCUT2D eigenvalue weighted by atomic mass is 19.3. The Morgan fingerprint density at radius 2 is 1.83 bits per heavy atom. The first kappa shape index (κ1) is 22.5. The minimum Gasteiger partial charge on any atom is -0.435 e. The predicted molar refractivity (Wildman–Crippen MR) is 102 cm³/mol. The summed E-state index contributed by atoms with van der Waals surface area (Å²) in [5, 5.41) is 16.3. The number of halogens is 4. The Balaban J connectivity index is 1.90. The first-order valence-electron chi connectivity index (χ1n) is 9.08. The van der Waals surface area contributed by atoms with E-state index in [1.165, 1.54) is 36.4 Å². The zero-order valence-corrected chi connectivity index (χ0v) is 15.8. The molecule has 29 heavy (non-hydrogen) atoms. The molecule has 0 spiro atoms. The van der Waals surface area contributed by atoms with Gasteiger partial charge in [-0.2, -0.15) is 8.78 Å². The standard InChI is InChI=1S/C20H23F4N3O2/c1-2-25-20(26-10-9-13-3-6-15(21)11-17(13)22)27-12-18(28)14-4-7-16(8-5-14)29-19(23)24/h3-8,11,18-19,28H,2,9-10,12H2,1H3,(H2,25,26,27). The van der Waals surface area contributed by atoms with E-state index < -0.39 is 24.3 Å². The lowest BCUT2D eigenvalue weighted by atomic mass is 10.1. The molecule has 1 unspecified atom stereocenters. The van der Waals surface area contributed by atoms with Crippen LogP contribution in [0.2, 0.25) is 0 Å². The lowest BCUT2D eigenvalue weighted by Crippen LogP contribution is -2.38. The quantitative estimate of drug-likeness (QED) is 0.335. The molecule has 9 heteroatoms. The Morgan fingerprint density at radius 3 is 2.45 bits per heavy atom. The third-order valence-electron chi connectivity index (χ3n) is 3.96. The van der Waals surface area contributed by atoms with Crippen LogP contribution in [0.5, 0.6) is 5.75 Å². The van der Waals surface area contributed by atoms with E-state index >= 15 is 0 Å². The number of aliphatic hydroxyl groups excluding tert-OH is 1. The molecule has 3 N–H and O–H groups in total. The summed E-state index contributed by atoms with van der Waals surface area (Å²) in [6, 6.07) is 9.07. The number of aliphatic imine (C=N–C) groups is 1. The van der Waals surface area contributed by atoms with E-state index in [1.54, 1.807) is 0 Å². The molecule has 0 saturated carbocycles. The van der Waals surface area contributed by atoms with Crippen molar-refractivity contribution in [3.8, 4) is 5.75 Å². The molecule has 0 aliphatic rings. The number of nitrogens with one attached hydrogen (secondary N) is 2. The van der Waals surface area contributed by atoms with E-state index in [4.69, 9.17) is 0 Å². The van der Waals surface area contributed by atoms with Gasteiger partial charge in [0.15, 0.2) is 5.96 Å². The van der Waals surface area contributed by atoms with Crippen molar-refractivity contribution in [3.05, 3.63) is 65.2 Å². The number of hydrogen-bond acceptors (Lipinski definition) is 3. The monoisotopic (exact) mass is 413 g/mol. The summed E-state index contributed by atoms with van der Waals surface area (Å²) in [7, 11) is 0. The van der Waals surface area contributed by atoms with E-state index in [9.17, 15) is 22.7 Å². The fourth-order valence-corrected chi connectivity index (χ4v) is 2.54. The van der Waals surface area contributed by atoms with Crippen LogP contribution in [0, 0.1) is 11.6 Å². The largest absolute Gasteiger partial charge is 0.435 e. The van der Waals surface area contributed by atoms with E-state index in [1.807, 2.05) is 6.92 Å². The molecule has 1 atom stereocenters. The zero-order chi connectivity index (χ0) is 21.2. The number of aliphatic hydroxyl groups is 1. The van der Waals surface area contributed by atoms with E-state index in [2.05, 4.69) is 20.4 Å². The van der Waals surface area contributed by atoms with Gasteiger partial charge in [-0.25, -0.2) is 8.78 Å². The smallest absolute Gasteiger partial charge is 0.387 e. The van der Waals surface area contributed by atoms with Crippen LogP contribution < -0.4 is 15.4 Å². The molecule has 0 heterocycles. The first-order chi connectivity index (χ1) is 13.9. The molecule has 2 aromatic carbocycles. The second kappa shape index (κ2) is 11.3. The van der Waals surface area contributed by atoms with Crippen molar-refractivity contribution in [3.63, 3.8) is 0 Å². The maximum Gasteiger partial charge on any atom is 0.387 e. The minimum absolute atomic E-state index is 0.00230. The molecule has 0 aromatic heterocycles. The van der Waals surface area contributed by atoms with Crippen molar-refractivity contribution < 1.29 is 27.4 Å². The number of benzene rings is 2. The van der Waals surface area contributed by atoms with Crippen molar-refractivity contribution in [1.29, 1.82) is 0 Å². The van der Waals surface area contributed by atoms with Crippen LogP contribution in [-0.4, -0.2) is 37.3 Å². The minimum atomic E-state index is -2.91. The third-order valence-corrected chi connectivity index (χ3v) is 3.96. The molecule has 0 fully saturated rings. The third kappa shape index (κ3) is 7.61.